The van der Waals surface area contributed by atoms with Crippen LogP contribution in [0, 0.1) is 0 Å². The van der Waals surface area contributed by atoms with E-state index in [4.69, 9.17) is 9.16 Å². The van der Waals surface area contributed by atoms with Gasteiger partial charge < -0.3 is 14.5 Å². The van der Waals surface area contributed by atoms with Crippen LogP contribution in [0.15, 0.2) is 30.3 Å². The van der Waals surface area contributed by atoms with Crippen LogP contribution in [-0.2, 0) is 18.8 Å². The van der Waals surface area contributed by atoms with Crippen molar-refractivity contribution in [2.24, 2.45) is 0 Å². The van der Waals surface area contributed by atoms with Gasteiger partial charge in [0.25, 0.3) is 0 Å². The first kappa shape index (κ1) is 22.4. The number of carbonyl (C=O) groups excluding carboxylic acids is 2. The van der Waals surface area contributed by atoms with Crippen molar-refractivity contribution in [3.05, 3.63) is 35.9 Å². The molecule has 1 aromatic rings. The zero-order valence-electron chi connectivity index (χ0n) is 17.1. The third-order valence-electron chi connectivity index (χ3n) is 4.98. The maximum atomic E-state index is 12.5. The molecule has 0 spiro atoms. The Kier molecular flexibility index (Phi) is 8.03. The monoisotopic (exact) mass is 379 g/mol. The van der Waals surface area contributed by atoms with E-state index in [0.29, 0.717) is 0 Å². The zero-order valence-corrected chi connectivity index (χ0v) is 18.1. The van der Waals surface area contributed by atoms with E-state index in [2.05, 4.69) is 39.2 Å². The second kappa shape index (κ2) is 9.32. The number of hydrogen-bond donors (Lipinski definition) is 1. The first-order valence-corrected chi connectivity index (χ1v) is 12.0. The first-order chi connectivity index (χ1) is 12.0. The number of carbonyl (C=O) groups is 2. The van der Waals surface area contributed by atoms with Crippen molar-refractivity contribution in [3.8, 4) is 0 Å². The zero-order chi connectivity index (χ0) is 20.0. The molecular weight excluding hydrogens is 346 g/mol. The molecule has 0 saturated carbocycles. The topological polar surface area (TPSA) is 64.6 Å². The highest BCUT2D eigenvalue weighted by Crippen LogP contribution is 2.38. The molecule has 5 nitrogen and oxygen atoms in total. The van der Waals surface area contributed by atoms with Gasteiger partial charge in [-0.05, 0) is 30.6 Å². The Morgan fingerprint density at radius 1 is 1.12 bits per heavy atom. The van der Waals surface area contributed by atoms with Crippen LogP contribution < -0.4 is 5.32 Å². The number of hydrogen-bond acceptors (Lipinski definition) is 4. The van der Waals surface area contributed by atoms with E-state index in [1.807, 2.05) is 37.3 Å². The number of methoxy groups -OCH3 is 1. The second-order valence-electron chi connectivity index (χ2n) is 8.18. The van der Waals surface area contributed by atoms with E-state index in [1.54, 1.807) is 0 Å². The molecule has 26 heavy (non-hydrogen) atoms. The molecule has 6 heteroatoms. The lowest BCUT2D eigenvalue weighted by Crippen LogP contribution is -2.45. The first-order valence-electron chi connectivity index (χ1n) is 9.05. The van der Waals surface area contributed by atoms with E-state index < -0.39 is 14.4 Å². The summed E-state index contributed by atoms with van der Waals surface area (Å²) in [6.07, 6.45) is -0.263. The van der Waals surface area contributed by atoms with Crippen LogP contribution in [0.3, 0.4) is 0 Å². The molecule has 0 aromatic heterocycles. The third-order valence-corrected chi connectivity index (χ3v) is 9.51. The van der Waals surface area contributed by atoms with Crippen LogP contribution in [0.25, 0.3) is 0 Å². The number of amides is 1. The molecule has 146 valence electrons. The fourth-order valence-electron chi connectivity index (χ4n) is 2.35. The Morgan fingerprint density at radius 3 is 2.19 bits per heavy atom. The third kappa shape index (κ3) is 6.92. The molecular formula is C20H33NO4Si. The van der Waals surface area contributed by atoms with Crippen LogP contribution in [0.4, 0.5) is 0 Å². The van der Waals surface area contributed by atoms with Gasteiger partial charge in [0.15, 0.2) is 8.32 Å². The quantitative estimate of drug-likeness (QED) is 0.543. The van der Waals surface area contributed by atoms with Gasteiger partial charge in [-0.2, -0.15) is 0 Å². The summed E-state index contributed by atoms with van der Waals surface area (Å²) in [4.78, 5) is 24.3. The Hall–Kier alpha value is -1.66. The lowest BCUT2D eigenvalue weighted by molar-refractivity contribution is -0.142. The fraction of sp³-hybridized carbons (Fsp3) is 0.600. The Morgan fingerprint density at radius 2 is 1.69 bits per heavy atom. The van der Waals surface area contributed by atoms with Crippen molar-refractivity contribution >= 4 is 20.2 Å². The molecule has 1 rings (SSSR count). The summed E-state index contributed by atoms with van der Waals surface area (Å²) in [7, 11) is -0.756. The number of esters is 1. The van der Waals surface area contributed by atoms with Gasteiger partial charge in [-0.15, -0.1) is 0 Å². The molecule has 1 aromatic carbocycles. The number of rotatable bonds is 8. The van der Waals surface area contributed by atoms with Crippen molar-refractivity contribution in [2.75, 3.05) is 7.11 Å². The highest BCUT2D eigenvalue weighted by Gasteiger charge is 2.40. The van der Waals surface area contributed by atoms with Gasteiger partial charge in [0.05, 0.1) is 32.1 Å². The van der Waals surface area contributed by atoms with E-state index in [0.717, 1.165) is 5.56 Å². The van der Waals surface area contributed by atoms with Crippen molar-refractivity contribution in [2.45, 2.75) is 70.8 Å². The summed E-state index contributed by atoms with van der Waals surface area (Å²) in [5, 5.41) is 2.98. The number of nitrogens with one attached hydrogen (secondary N) is 1. The van der Waals surface area contributed by atoms with Gasteiger partial charge >= 0.3 is 5.97 Å². The Bertz CT molecular complexity index is 596. The van der Waals surface area contributed by atoms with Crippen molar-refractivity contribution in [1.29, 1.82) is 0 Å². The molecule has 0 bridgehead atoms. The minimum Gasteiger partial charge on any atom is -0.469 e. The molecule has 0 heterocycles. The average molecular weight is 380 g/mol. The largest absolute Gasteiger partial charge is 0.469 e. The summed E-state index contributed by atoms with van der Waals surface area (Å²) in [5.41, 5.74) is 1.04. The average Bonchev–Trinajstić information content (AvgIpc) is 2.53. The lowest BCUT2D eigenvalue weighted by Gasteiger charge is -2.39. The van der Waals surface area contributed by atoms with Crippen LogP contribution in [0.5, 0.6) is 0 Å². The maximum Gasteiger partial charge on any atom is 0.308 e. The van der Waals surface area contributed by atoms with E-state index in [-0.39, 0.29) is 35.8 Å². The molecule has 1 N–H and O–H groups in total. The van der Waals surface area contributed by atoms with Gasteiger partial charge in [0, 0.05) is 0 Å². The molecule has 0 saturated heterocycles. The Labute approximate surface area is 158 Å². The minimum atomic E-state index is -2.11. The predicted molar refractivity (Wildman–Crippen MR) is 106 cm³/mol. The minimum absolute atomic E-state index is 0.00479. The second-order valence-corrected chi connectivity index (χ2v) is 12.9. The SMILES string of the molecule is COC(=O)CC(CC(=O)NC(C)c1ccccc1)O[Si](C)(C)C(C)(C)C. The van der Waals surface area contributed by atoms with Gasteiger partial charge in [-0.25, -0.2) is 0 Å². The highest BCUT2D eigenvalue weighted by molar-refractivity contribution is 6.74. The molecule has 2 unspecified atom stereocenters. The van der Waals surface area contributed by atoms with Crippen LogP contribution in [0.2, 0.25) is 18.1 Å². The van der Waals surface area contributed by atoms with Crippen molar-refractivity contribution in [3.63, 3.8) is 0 Å². The summed E-state index contributed by atoms with van der Waals surface area (Å²) >= 11 is 0. The van der Waals surface area contributed by atoms with Gasteiger partial charge in [0.2, 0.25) is 5.91 Å². The van der Waals surface area contributed by atoms with Crippen LogP contribution in [-0.4, -0.2) is 33.4 Å². The summed E-state index contributed by atoms with van der Waals surface area (Å²) in [6.45, 7) is 12.6. The fourth-order valence-corrected chi connectivity index (χ4v) is 3.70. The predicted octanol–water partition coefficient (Wildman–Crippen LogP) is 4.21. The van der Waals surface area contributed by atoms with E-state index >= 15 is 0 Å². The van der Waals surface area contributed by atoms with Crippen molar-refractivity contribution in [1.82, 2.24) is 5.32 Å². The number of ether oxygens (including phenoxy) is 1. The molecule has 0 aliphatic heterocycles. The maximum absolute atomic E-state index is 12.5. The summed E-state index contributed by atoms with van der Waals surface area (Å²) < 4.78 is 11.1. The summed E-state index contributed by atoms with van der Waals surface area (Å²) in [5.74, 6) is -0.494. The summed E-state index contributed by atoms with van der Waals surface area (Å²) in [6, 6.07) is 9.68. The molecule has 0 aliphatic rings. The van der Waals surface area contributed by atoms with Gasteiger partial charge in [-0.3, -0.25) is 9.59 Å². The van der Waals surface area contributed by atoms with E-state index in [1.165, 1.54) is 7.11 Å². The smallest absolute Gasteiger partial charge is 0.308 e. The highest BCUT2D eigenvalue weighted by atomic mass is 28.4. The molecule has 0 radical (unpaired) electrons. The molecule has 0 fully saturated rings. The van der Waals surface area contributed by atoms with Gasteiger partial charge in [-0.1, -0.05) is 51.1 Å². The number of benzene rings is 1. The molecule has 0 aliphatic carbocycles. The normalized spacial score (nSPS) is 14.4. The lowest BCUT2D eigenvalue weighted by atomic mass is 10.1. The van der Waals surface area contributed by atoms with E-state index in [9.17, 15) is 9.59 Å². The van der Waals surface area contributed by atoms with Gasteiger partial charge in [0.1, 0.15) is 0 Å². The standard InChI is InChI=1S/C20H33NO4Si/c1-15(16-11-9-8-10-12-16)21-18(22)13-17(14-19(23)24-5)25-26(6,7)20(2,3)4/h8-12,15,17H,13-14H2,1-7H3,(H,21,22). The Balaban J connectivity index is 2.78. The molecule has 2 atom stereocenters. The molecule has 1 amide bonds. The van der Waals surface area contributed by atoms with Crippen LogP contribution >= 0.6 is 0 Å². The van der Waals surface area contributed by atoms with Crippen molar-refractivity contribution < 1.29 is 18.8 Å². The van der Waals surface area contributed by atoms with Crippen LogP contribution in [0.1, 0.15) is 52.1 Å².